The van der Waals surface area contributed by atoms with Crippen molar-refractivity contribution in [1.82, 2.24) is 0 Å². The minimum absolute atomic E-state index is 0.0596. The fourth-order valence-corrected chi connectivity index (χ4v) is 2.67. The Labute approximate surface area is 132 Å². The third-order valence-corrected chi connectivity index (χ3v) is 3.76. The van der Waals surface area contributed by atoms with Crippen molar-refractivity contribution in [3.63, 3.8) is 0 Å². The number of hydrogen-bond donors (Lipinski definition) is 0. The molecule has 0 spiro atoms. The molecule has 1 saturated heterocycles. The van der Waals surface area contributed by atoms with Gasteiger partial charge in [-0.2, -0.15) is 0 Å². The second kappa shape index (κ2) is 8.19. The maximum atomic E-state index is 6.07. The third kappa shape index (κ3) is 4.23. The van der Waals surface area contributed by atoms with Crippen LogP contribution in [0.5, 0.6) is 5.75 Å². The summed E-state index contributed by atoms with van der Waals surface area (Å²) < 4.78 is 22.5. The Balaban J connectivity index is 2.00. The van der Waals surface area contributed by atoms with Gasteiger partial charge in [-0.15, -0.1) is 5.92 Å². The molecule has 0 aromatic heterocycles. The summed E-state index contributed by atoms with van der Waals surface area (Å²) in [6.07, 6.45) is 0.298. The average molecular weight is 304 g/mol. The molecule has 0 bridgehead atoms. The van der Waals surface area contributed by atoms with Crippen LogP contribution in [-0.4, -0.2) is 39.3 Å². The van der Waals surface area contributed by atoms with E-state index in [1.54, 1.807) is 14.2 Å². The molecule has 0 N–H and O–H groups in total. The highest BCUT2D eigenvalue weighted by Gasteiger charge is 2.38. The first-order chi connectivity index (χ1) is 10.7. The summed E-state index contributed by atoms with van der Waals surface area (Å²) >= 11 is 0. The molecule has 0 radical (unpaired) electrons. The number of rotatable bonds is 6. The van der Waals surface area contributed by atoms with Crippen molar-refractivity contribution in [1.29, 1.82) is 0 Å². The summed E-state index contributed by atoms with van der Waals surface area (Å²) in [5, 5.41) is 0. The third-order valence-electron chi connectivity index (χ3n) is 3.76. The predicted molar refractivity (Wildman–Crippen MR) is 84.7 cm³/mol. The monoisotopic (exact) mass is 304 g/mol. The van der Waals surface area contributed by atoms with Crippen molar-refractivity contribution in [2.45, 2.75) is 38.8 Å². The molecule has 1 unspecified atom stereocenters. The van der Waals surface area contributed by atoms with E-state index in [4.69, 9.17) is 18.9 Å². The molecule has 1 aromatic carbocycles. The van der Waals surface area contributed by atoms with E-state index in [2.05, 4.69) is 18.8 Å². The largest absolute Gasteiger partial charge is 0.497 e. The van der Waals surface area contributed by atoms with Gasteiger partial charge in [0.2, 0.25) is 0 Å². The maximum absolute atomic E-state index is 6.07. The summed E-state index contributed by atoms with van der Waals surface area (Å²) in [7, 11) is 3.34. The summed E-state index contributed by atoms with van der Waals surface area (Å²) in [5.74, 6) is 7.06. The van der Waals surface area contributed by atoms with Gasteiger partial charge in [0.15, 0.2) is 6.29 Å². The maximum Gasteiger partial charge on any atom is 0.162 e. The van der Waals surface area contributed by atoms with Crippen LogP contribution in [0.15, 0.2) is 24.3 Å². The van der Waals surface area contributed by atoms with Gasteiger partial charge in [-0.25, -0.2) is 0 Å². The standard InChI is InChI=1S/C18H24O4/c1-5-6-13(2)18-16(12-19-3)21-17(22-18)11-14-7-9-15(20-4)10-8-14/h7-10,13,16-18H,11-12H2,1-4H3/t13-,16-,17?,18+/m1/s1. The van der Waals surface area contributed by atoms with Gasteiger partial charge < -0.3 is 18.9 Å². The van der Waals surface area contributed by atoms with Gasteiger partial charge >= 0.3 is 0 Å². The topological polar surface area (TPSA) is 36.9 Å². The van der Waals surface area contributed by atoms with Gasteiger partial charge in [0.1, 0.15) is 18.0 Å². The molecule has 1 aromatic rings. The van der Waals surface area contributed by atoms with Crippen molar-refractivity contribution in [2.75, 3.05) is 20.8 Å². The zero-order valence-electron chi connectivity index (χ0n) is 13.7. The highest BCUT2D eigenvalue weighted by atomic mass is 16.7. The van der Waals surface area contributed by atoms with E-state index in [1.807, 2.05) is 31.2 Å². The number of ether oxygens (including phenoxy) is 4. The molecule has 1 aliphatic heterocycles. The lowest BCUT2D eigenvalue weighted by molar-refractivity contribution is -0.0727. The Kier molecular flexibility index (Phi) is 6.26. The van der Waals surface area contributed by atoms with Crippen LogP contribution >= 0.6 is 0 Å². The van der Waals surface area contributed by atoms with Gasteiger partial charge in [0.25, 0.3) is 0 Å². The van der Waals surface area contributed by atoms with Crippen molar-refractivity contribution >= 4 is 0 Å². The van der Waals surface area contributed by atoms with Gasteiger partial charge in [0, 0.05) is 19.4 Å². The first kappa shape index (κ1) is 16.8. The van der Waals surface area contributed by atoms with Crippen LogP contribution < -0.4 is 4.74 Å². The Morgan fingerprint density at radius 2 is 1.91 bits per heavy atom. The number of hydrogen-bond acceptors (Lipinski definition) is 4. The molecule has 0 saturated carbocycles. The molecule has 2 rings (SSSR count). The van der Waals surface area contributed by atoms with Crippen LogP contribution in [0.2, 0.25) is 0 Å². The van der Waals surface area contributed by atoms with Gasteiger partial charge in [0.05, 0.1) is 13.7 Å². The molecule has 4 heteroatoms. The minimum atomic E-state index is -0.264. The zero-order chi connectivity index (χ0) is 15.9. The minimum Gasteiger partial charge on any atom is -0.497 e. The summed E-state index contributed by atoms with van der Waals surface area (Å²) in [6, 6.07) is 7.94. The van der Waals surface area contributed by atoms with Crippen molar-refractivity contribution in [3.05, 3.63) is 29.8 Å². The second-order valence-electron chi connectivity index (χ2n) is 5.40. The van der Waals surface area contributed by atoms with E-state index in [0.29, 0.717) is 13.0 Å². The van der Waals surface area contributed by atoms with E-state index in [9.17, 15) is 0 Å². The summed E-state index contributed by atoms with van der Waals surface area (Å²) in [6.45, 7) is 4.41. The molecule has 1 heterocycles. The Morgan fingerprint density at radius 3 is 2.50 bits per heavy atom. The molecule has 0 amide bonds. The first-order valence-electron chi connectivity index (χ1n) is 7.53. The van der Waals surface area contributed by atoms with E-state index >= 15 is 0 Å². The van der Waals surface area contributed by atoms with Crippen molar-refractivity contribution in [3.8, 4) is 17.6 Å². The highest BCUT2D eigenvalue weighted by molar-refractivity contribution is 5.27. The second-order valence-corrected chi connectivity index (χ2v) is 5.40. The quantitative estimate of drug-likeness (QED) is 0.757. The zero-order valence-corrected chi connectivity index (χ0v) is 13.7. The Hall–Kier alpha value is -1.54. The Morgan fingerprint density at radius 1 is 1.18 bits per heavy atom. The lowest BCUT2D eigenvalue weighted by Crippen LogP contribution is -2.32. The summed E-state index contributed by atoms with van der Waals surface area (Å²) in [5.41, 5.74) is 1.15. The normalized spacial score (nSPS) is 25.4. The molecular weight excluding hydrogens is 280 g/mol. The number of methoxy groups -OCH3 is 2. The fraction of sp³-hybridized carbons (Fsp3) is 0.556. The smallest absolute Gasteiger partial charge is 0.162 e. The highest BCUT2D eigenvalue weighted by Crippen LogP contribution is 2.27. The van der Waals surface area contributed by atoms with Gasteiger partial charge in [-0.1, -0.05) is 18.1 Å². The van der Waals surface area contributed by atoms with E-state index in [-0.39, 0.29) is 24.4 Å². The van der Waals surface area contributed by atoms with E-state index < -0.39 is 0 Å². The average Bonchev–Trinajstić information content (AvgIpc) is 2.91. The molecule has 120 valence electrons. The predicted octanol–water partition coefficient (Wildman–Crippen LogP) is 2.65. The SMILES string of the molecule is CC#C[C@@H](C)[C@@H]1OC(Cc2ccc(OC)cc2)O[C@@H]1COC. The van der Waals surface area contributed by atoms with Crippen molar-refractivity contribution < 1.29 is 18.9 Å². The lowest BCUT2D eigenvalue weighted by atomic mass is 10.0. The van der Waals surface area contributed by atoms with Crippen LogP contribution in [0.1, 0.15) is 19.4 Å². The van der Waals surface area contributed by atoms with Crippen LogP contribution in [0.3, 0.4) is 0 Å². The molecule has 0 aliphatic carbocycles. The first-order valence-corrected chi connectivity index (χ1v) is 7.53. The number of benzene rings is 1. The molecule has 22 heavy (non-hydrogen) atoms. The van der Waals surface area contributed by atoms with Crippen LogP contribution in [0.25, 0.3) is 0 Å². The van der Waals surface area contributed by atoms with Crippen molar-refractivity contribution in [2.24, 2.45) is 5.92 Å². The molecular formula is C18H24O4. The summed E-state index contributed by atoms with van der Waals surface area (Å²) in [4.78, 5) is 0. The van der Waals surface area contributed by atoms with Crippen LogP contribution in [-0.2, 0) is 20.6 Å². The Bertz CT molecular complexity index is 514. The van der Waals surface area contributed by atoms with Gasteiger partial charge in [-0.05, 0) is 31.5 Å². The van der Waals surface area contributed by atoms with E-state index in [0.717, 1.165) is 11.3 Å². The van der Waals surface area contributed by atoms with E-state index in [1.165, 1.54) is 0 Å². The fourth-order valence-electron chi connectivity index (χ4n) is 2.67. The molecule has 1 fully saturated rings. The lowest BCUT2D eigenvalue weighted by Gasteiger charge is -2.18. The van der Waals surface area contributed by atoms with Crippen LogP contribution in [0, 0.1) is 17.8 Å². The molecule has 4 atom stereocenters. The molecule has 4 nitrogen and oxygen atoms in total. The van der Waals surface area contributed by atoms with Gasteiger partial charge in [-0.3, -0.25) is 0 Å². The molecule has 1 aliphatic rings. The van der Waals surface area contributed by atoms with Crippen LogP contribution in [0.4, 0.5) is 0 Å².